The van der Waals surface area contributed by atoms with Gasteiger partial charge in [0.05, 0.1) is 11.7 Å². The Balaban J connectivity index is 2.12. The summed E-state index contributed by atoms with van der Waals surface area (Å²) in [6, 6.07) is 2.11. The molecule has 2 aromatic heterocycles. The largest absolute Gasteiger partial charge is 0.346 e. The van der Waals surface area contributed by atoms with Gasteiger partial charge in [-0.15, -0.1) is 0 Å². The first-order valence-electron chi connectivity index (χ1n) is 5.24. The van der Waals surface area contributed by atoms with Crippen molar-refractivity contribution in [3.8, 4) is 0 Å². The Morgan fingerprint density at radius 3 is 3.14 bits per heavy atom. The van der Waals surface area contributed by atoms with E-state index in [-0.39, 0.29) is 0 Å². The van der Waals surface area contributed by atoms with Crippen LogP contribution >= 0.6 is 0 Å². The smallest absolute Gasteiger partial charge is 0.0669 e. The SMILES string of the molecule is Cc1cn(CC2CC2)c2cnccc12. The first-order chi connectivity index (χ1) is 6.84. The Hall–Kier alpha value is -1.31. The molecule has 0 radical (unpaired) electrons. The average Bonchev–Trinajstić information content (AvgIpc) is 2.95. The van der Waals surface area contributed by atoms with Gasteiger partial charge < -0.3 is 4.57 Å². The predicted molar refractivity (Wildman–Crippen MR) is 57.2 cm³/mol. The molecule has 2 heteroatoms. The molecule has 0 aliphatic heterocycles. The molecule has 2 aromatic rings. The summed E-state index contributed by atoms with van der Waals surface area (Å²) in [5.41, 5.74) is 2.65. The molecular formula is C12H14N2. The summed E-state index contributed by atoms with van der Waals surface area (Å²) in [6.45, 7) is 3.35. The second-order valence-corrected chi connectivity index (χ2v) is 4.30. The maximum atomic E-state index is 4.19. The molecule has 0 bridgehead atoms. The fourth-order valence-electron chi connectivity index (χ4n) is 2.05. The van der Waals surface area contributed by atoms with Crippen molar-refractivity contribution in [2.45, 2.75) is 26.3 Å². The Bertz CT molecular complexity index is 466. The second-order valence-electron chi connectivity index (χ2n) is 4.30. The zero-order valence-corrected chi connectivity index (χ0v) is 8.40. The summed E-state index contributed by atoms with van der Waals surface area (Å²) in [4.78, 5) is 4.19. The third-order valence-electron chi connectivity index (χ3n) is 3.04. The van der Waals surface area contributed by atoms with Crippen LogP contribution in [0, 0.1) is 12.8 Å². The van der Waals surface area contributed by atoms with Gasteiger partial charge in [-0.2, -0.15) is 0 Å². The lowest BCUT2D eigenvalue weighted by Gasteiger charge is -2.01. The van der Waals surface area contributed by atoms with Gasteiger partial charge in [-0.3, -0.25) is 4.98 Å². The second kappa shape index (κ2) is 2.84. The third-order valence-corrected chi connectivity index (χ3v) is 3.04. The molecule has 0 N–H and O–H groups in total. The van der Waals surface area contributed by atoms with Crippen LogP contribution in [-0.2, 0) is 6.54 Å². The van der Waals surface area contributed by atoms with E-state index in [1.54, 1.807) is 0 Å². The molecule has 1 fully saturated rings. The van der Waals surface area contributed by atoms with Crippen LogP contribution in [0.15, 0.2) is 24.7 Å². The van der Waals surface area contributed by atoms with Gasteiger partial charge in [-0.1, -0.05) is 0 Å². The number of fused-ring (bicyclic) bond motifs is 1. The highest BCUT2D eigenvalue weighted by Gasteiger charge is 2.22. The van der Waals surface area contributed by atoms with Crippen LogP contribution in [-0.4, -0.2) is 9.55 Å². The highest BCUT2D eigenvalue weighted by atomic mass is 15.0. The van der Waals surface area contributed by atoms with E-state index < -0.39 is 0 Å². The van der Waals surface area contributed by atoms with Gasteiger partial charge in [0.25, 0.3) is 0 Å². The maximum absolute atomic E-state index is 4.19. The molecule has 0 amide bonds. The highest BCUT2D eigenvalue weighted by molar-refractivity contribution is 5.82. The lowest BCUT2D eigenvalue weighted by molar-refractivity contribution is 0.646. The molecule has 0 unspecified atom stereocenters. The van der Waals surface area contributed by atoms with Gasteiger partial charge in [0.1, 0.15) is 0 Å². The van der Waals surface area contributed by atoms with Crippen molar-refractivity contribution in [1.82, 2.24) is 9.55 Å². The van der Waals surface area contributed by atoms with Crippen LogP contribution in [0.25, 0.3) is 10.9 Å². The minimum absolute atomic E-state index is 0.921. The molecule has 0 saturated heterocycles. The molecule has 2 nitrogen and oxygen atoms in total. The topological polar surface area (TPSA) is 17.8 Å². The van der Waals surface area contributed by atoms with E-state index in [1.807, 2.05) is 12.4 Å². The molecule has 72 valence electrons. The monoisotopic (exact) mass is 186 g/mol. The van der Waals surface area contributed by atoms with E-state index in [4.69, 9.17) is 0 Å². The average molecular weight is 186 g/mol. The molecule has 1 saturated carbocycles. The van der Waals surface area contributed by atoms with Crippen LogP contribution < -0.4 is 0 Å². The normalized spacial score (nSPS) is 16.4. The van der Waals surface area contributed by atoms with E-state index in [9.17, 15) is 0 Å². The highest BCUT2D eigenvalue weighted by Crippen LogP contribution is 2.32. The molecule has 0 atom stereocenters. The quantitative estimate of drug-likeness (QED) is 0.705. The minimum Gasteiger partial charge on any atom is -0.346 e. The first-order valence-corrected chi connectivity index (χ1v) is 5.24. The number of rotatable bonds is 2. The van der Waals surface area contributed by atoms with Crippen LogP contribution in [0.2, 0.25) is 0 Å². The molecule has 0 spiro atoms. The summed E-state index contributed by atoms with van der Waals surface area (Å²) in [5.74, 6) is 0.921. The summed E-state index contributed by atoms with van der Waals surface area (Å²) < 4.78 is 2.36. The Labute approximate surface area is 83.6 Å². The van der Waals surface area contributed by atoms with Gasteiger partial charge in [-0.25, -0.2) is 0 Å². The molecule has 1 aliphatic rings. The molecule has 1 aliphatic carbocycles. The van der Waals surface area contributed by atoms with Crippen molar-refractivity contribution in [2.75, 3.05) is 0 Å². The van der Waals surface area contributed by atoms with Crippen molar-refractivity contribution >= 4 is 10.9 Å². The van der Waals surface area contributed by atoms with E-state index in [1.165, 1.54) is 35.9 Å². The molecule has 0 aromatic carbocycles. The molecule has 3 rings (SSSR count). The van der Waals surface area contributed by atoms with E-state index in [0.29, 0.717) is 0 Å². The summed E-state index contributed by atoms with van der Waals surface area (Å²) in [6.07, 6.45) is 8.91. The third kappa shape index (κ3) is 1.22. The summed E-state index contributed by atoms with van der Waals surface area (Å²) >= 11 is 0. The van der Waals surface area contributed by atoms with Crippen LogP contribution in [0.3, 0.4) is 0 Å². The van der Waals surface area contributed by atoms with Gasteiger partial charge in [-0.05, 0) is 37.3 Å². The number of aryl methyl sites for hydroxylation is 1. The van der Waals surface area contributed by atoms with Crippen LogP contribution in [0.5, 0.6) is 0 Å². The van der Waals surface area contributed by atoms with Crippen molar-refractivity contribution < 1.29 is 0 Å². The van der Waals surface area contributed by atoms with Gasteiger partial charge in [0.2, 0.25) is 0 Å². The fraction of sp³-hybridized carbons (Fsp3) is 0.417. The minimum atomic E-state index is 0.921. The lowest BCUT2D eigenvalue weighted by atomic mass is 10.2. The Morgan fingerprint density at radius 1 is 1.50 bits per heavy atom. The van der Waals surface area contributed by atoms with Gasteiger partial charge >= 0.3 is 0 Å². The van der Waals surface area contributed by atoms with Crippen molar-refractivity contribution in [3.63, 3.8) is 0 Å². The molecule has 2 heterocycles. The van der Waals surface area contributed by atoms with E-state index in [0.717, 1.165) is 5.92 Å². The number of pyridine rings is 1. The predicted octanol–water partition coefficient (Wildman–Crippen LogP) is 2.75. The molecule has 14 heavy (non-hydrogen) atoms. The summed E-state index contributed by atoms with van der Waals surface area (Å²) in [5, 5.41) is 1.35. The van der Waals surface area contributed by atoms with E-state index >= 15 is 0 Å². The number of aromatic nitrogens is 2. The Morgan fingerprint density at radius 2 is 2.36 bits per heavy atom. The fourth-order valence-corrected chi connectivity index (χ4v) is 2.05. The molecular weight excluding hydrogens is 172 g/mol. The van der Waals surface area contributed by atoms with Crippen molar-refractivity contribution in [2.24, 2.45) is 5.92 Å². The van der Waals surface area contributed by atoms with Gasteiger partial charge in [0.15, 0.2) is 0 Å². The zero-order chi connectivity index (χ0) is 9.54. The van der Waals surface area contributed by atoms with Crippen molar-refractivity contribution in [3.05, 3.63) is 30.2 Å². The number of nitrogens with zero attached hydrogens (tertiary/aromatic N) is 2. The summed E-state index contributed by atoms with van der Waals surface area (Å²) in [7, 11) is 0. The van der Waals surface area contributed by atoms with E-state index in [2.05, 4.69) is 28.7 Å². The van der Waals surface area contributed by atoms with Crippen LogP contribution in [0.4, 0.5) is 0 Å². The van der Waals surface area contributed by atoms with Gasteiger partial charge in [0, 0.05) is 24.3 Å². The standard InChI is InChI=1S/C12H14N2/c1-9-7-14(8-10-2-3-10)12-6-13-5-4-11(9)12/h4-7,10H,2-3,8H2,1H3. The lowest BCUT2D eigenvalue weighted by Crippen LogP contribution is -1.97. The number of hydrogen-bond acceptors (Lipinski definition) is 1. The Kier molecular flexibility index (Phi) is 1.63. The number of hydrogen-bond donors (Lipinski definition) is 0. The maximum Gasteiger partial charge on any atom is 0.0669 e. The van der Waals surface area contributed by atoms with Crippen molar-refractivity contribution in [1.29, 1.82) is 0 Å². The zero-order valence-electron chi connectivity index (χ0n) is 8.40. The van der Waals surface area contributed by atoms with Crippen LogP contribution in [0.1, 0.15) is 18.4 Å². The first kappa shape index (κ1) is 8.04.